The average molecular weight is 196 g/mol. The number of hydrogen-bond donors (Lipinski definition) is 0. The van der Waals surface area contributed by atoms with Crippen LogP contribution in [0.3, 0.4) is 0 Å². The standard InChI is InChI=1S/C11H20N2O/c1-12(9-10-5-6-10)11(14)13-7-3-2-4-8-13/h10H,2-9H2,1H3. The molecule has 0 aromatic rings. The van der Waals surface area contributed by atoms with Crippen molar-refractivity contribution < 1.29 is 4.79 Å². The first-order valence-corrected chi connectivity index (χ1v) is 5.77. The van der Waals surface area contributed by atoms with Crippen molar-refractivity contribution in [2.75, 3.05) is 26.7 Å². The lowest BCUT2D eigenvalue weighted by molar-refractivity contribution is 0.151. The molecular formula is C11H20N2O. The fraction of sp³-hybridized carbons (Fsp3) is 0.909. The van der Waals surface area contributed by atoms with Crippen LogP contribution in [0.2, 0.25) is 0 Å². The fourth-order valence-corrected chi connectivity index (χ4v) is 2.09. The van der Waals surface area contributed by atoms with E-state index in [-0.39, 0.29) is 6.03 Å². The van der Waals surface area contributed by atoms with Crippen LogP contribution in [0, 0.1) is 5.92 Å². The summed E-state index contributed by atoms with van der Waals surface area (Å²) in [6, 6.07) is 0.247. The van der Waals surface area contributed by atoms with Crippen LogP contribution in [0.25, 0.3) is 0 Å². The number of urea groups is 1. The second-order valence-electron chi connectivity index (χ2n) is 4.65. The number of carbonyl (C=O) groups is 1. The first kappa shape index (κ1) is 9.81. The van der Waals surface area contributed by atoms with Crippen LogP contribution in [-0.4, -0.2) is 42.5 Å². The van der Waals surface area contributed by atoms with Gasteiger partial charge < -0.3 is 9.80 Å². The molecule has 2 amide bonds. The zero-order valence-electron chi connectivity index (χ0n) is 9.04. The number of hydrogen-bond acceptors (Lipinski definition) is 1. The Morgan fingerprint density at radius 2 is 1.93 bits per heavy atom. The van der Waals surface area contributed by atoms with Gasteiger partial charge in [-0.15, -0.1) is 0 Å². The molecule has 3 nitrogen and oxygen atoms in total. The Morgan fingerprint density at radius 3 is 2.50 bits per heavy atom. The fourth-order valence-electron chi connectivity index (χ4n) is 2.09. The van der Waals surface area contributed by atoms with Crippen molar-refractivity contribution in [3.8, 4) is 0 Å². The summed E-state index contributed by atoms with van der Waals surface area (Å²) in [5, 5.41) is 0. The van der Waals surface area contributed by atoms with Crippen molar-refractivity contribution >= 4 is 6.03 Å². The number of likely N-dealkylation sites (tertiary alicyclic amines) is 1. The molecule has 1 aliphatic carbocycles. The van der Waals surface area contributed by atoms with Crippen molar-refractivity contribution in [2.24, 2.45) is 5.92 Å². The van der Waals surface area contributed by atoms with Gasteiger partial charge in [-0.3, -0.25) is 0 Å². The summed E-state index contributed by atoms with van der Waals surface area (Å²) < 4.78 is 0. The van der Waals surface area contributed by atoms with Gasteiger partial charge in [-0.05, 0) is 38.0 Å². The molecule has 1 heterocycles. The number of amides is 2. The van der Waals surface area contributed by atoms with E-state index in [0.29, 0.717) is 0 Å². The monoisotopic (exact) mass is 196 g/mol. The first-order chi connectivity index (χ1) is 6.77. The third-order valence-electron chi connectivity index (χ3n) is 3.18. The summed E-state index contributed by atoms with van der Waals surface area (Å²) in [4.78, 5) is 15.8. The lowest BCUT2D eigenvalue weighted by Gasteiger charge is -2.31. The van der Waals surface area contributed by atoms with Gasteiger partial charge in [0, 0.05) is 26.7 Å². The number of carbonyl (C=O) groups excluding carboxylic acids is 1. The zero-order valence-corrected chi connectivity index (χ0v) is 9.04. The van der Waals surface area contributed by atoms with Crippen molar-refractivity contribution in [2.45, 2.75) is 32.1 Å². The van der Waals surface area contributed by atoms with Gasteiger partial charge in [0.05, 0.1) is 0 Å². The largest absolute Gasteiger partial charge is 0.327 e. The van der Waals surface area contributed by atoms with E-state index in [2.05, 4.69) is 0 Å². The summed E-state index contributed by atoms with van der Waals surface area (Å²) in [6.45, 7) is 2.90. The maximum atomic E-state index is 11.9. The molecule has 3 heteroatoms. The van der Waals surface area contributed by atoms with Crippen molar-refractivity contribution in [3.63, 3.8) is 0 Å². The topological polar surface area (TPSA) is 23.6 Å². The third kappa shape index (κ3) is 2.40. The molecule has 0 radical (unpaired) electrons. The highest BCUT2D eigenvalue weighted by Crippen LogP contribution is 2.29. The van der Waals surface area contributed by atoms with E-state index in [0.717, 1.165) is 25.6 Å². The van der Waals surface area contributed by atoms with Crippen LogP contribution >= 0.6 is 0 Å². The molecule has 0 N–H and O–H groups in total. The Balaban J connectivity index is 1.79. The molecule has 0 spiro atoms. The molecule has 0 aromatic carbocycles. The SMILES string of the molecule is CN(CC1CC1)C(=O)N1CCCCC1. The molecule has 2 aliphatic rings. The van der Waals surface area contributed by atoms with Gasteiger partial charge in [0.15, 0.2) is 0 Å². The lowest BCUT2D eigenvalue weighted by atomic mass is 10.1. The van der Waals surface area contributed by atoms with Crippen LogP contribution in [0.4, 0.5) is 4.79 Å². The van der Waals surface area contributed by atoms with Crippen LogP contribution in [0.15, 0.2) is 0 Å². The number of nitrogens with zero attached hydrogens (tertiary/aromatic N) is 2. The van der Waals surface area contributed by atoms with E-state index in [1.54, 1.807) is 0 Å². The molecule has 1 saturated carbocycles. The Hall–Kier alpha value is -0.730. The minimum Gasteiger partial charge on any atom is -0.327 e. The van der Waals surface area contributed by atoms with Crippen molar-refractivity contribution in [1.29, 1.82) is 0 Å². The molecule has 2 fully saturated rings. The summed E-state index contributed by atoms with van der Waals surface area (Å²) in [6.07, 6.45) is 6.29. The molecule has 0 bridgehead atoms. The molecule has 80 valence electrons. The average Bonchev–Trinajstić information content (AvgIpc) is 3.02. The highest BCUT2D eigenvalue weighted by Gasteiger charge is 2.27. The summed E-state index contributed by atoms with van der Waals surface area (Å²) in [5.41, 5.74) is 0. The highest BCUT2D eigenvalue weighted by molar-refractivity contribution is 5.74. The summed E-state index contributed by atoms with van der Waals surface area (Å²) >= 11 is 0. The van der Waals surface area contributed by atoms with E-state index >= 15 is 0 Å². The molecule has 0 atom stereocenters. The molecular weight excluding hydrogens is 176 g/mol. The molecule has 0 unspecified atom stereocenters. The van der Waals surface area contributed by atoms with Gasteiger partial charge in [0.1, 0.15) is 0 Å². The molecule has 1 aliphatic heterocycles. The van der Waals surface area contributed by atoms with Crippen molar-refractivity contribution in [1.82, 2.24) is 9.80 Å². The van der Waals surface area contributed by atoms with Crippen LogP contribution in [-0.2, 0) is 0 Å². The van der Waals surface area contributed by atoms with Gasteiger partial charge in [-0.2, -0.15) is 0 Å². The normalized spacial score (nSPS) is 22.2. The Labute approximate surface area is 86.1 Å². The van der Waals surface area contributed by atoms with E-state index in [4.69, 9.17) is 0 Å². The lowest BCUT2D eigenvalue weighted by Crippen LogP contribution is -2.44. The molecule has 2 rings (SSSR count). The summed E-state index contributed by atoms with van der Waals surface area (Å²) in [5.74, 6) is 0.800. The van der Waals surface area contributed by atoms with Gasteiger partial charge in [-0.25, -0.2) is 4.79 Å². The van der Waals surface area contributed by atoms with Crippen LogP contribution in [0.1, 0.15) is 32.1 Å². The van der Waals surface area contributed by atoms with E-state index in [9.17, 15) is 4.79 Å². The maximum absolute atomic E-state index is 11.9. The molecule has 0 aromatic heterocycles. The van der Waals surface area contributed by atoms with Gasteiger partial charge >= 0.3 is 6.03 Å². The van der Waals surface area contributed by atoms with Crippen molar-refractivity contribution in [3.05, 3.63) is 0 Å². The highest BCUT2D eigenvalue weighted by atomic mass is 16.2. The predicted octanol–water partition coefficient (Wildman–Crippen LogP) is 1.93. The van der Waals surface area contributed by atoms with Gasteiger partial charge in [-0.1, -0.05) is 0 Å². The van der Waals surface area contributed by atoms with Gasteiger partial charge in [0.2, 0.25) is 0 Å². The maximum Gasteiger partial charge on any atom is 0.319 e. The Bertz CT molecular complexity index is 207. The molecule has 14 heavy (non-hydrogen) atoms. The Morgan fingerprint density at radius 1 is 1.29 bits per heavy atom. The quantitative estimate of drug-likeness (QED) is 0.662. The second kappa shape index (κ2) is 4.20. The third-order valence-corrected chi connectivity index (χ3v) is 3.18. The van der Waals surface area contributed by atoms with E-state index < -0.39 is 0 Å². The number of piperidine rings is 1. The first-order valence-electron chi connectivity index (χ1n) is 5.77. The summed E-state index contributed by atoms with van der Waals surface area (Å²) in [7, 11) is 1.94. The Kier molecular flexibility index (Phi) is 2.94. The van der Waals surface area contributed by atoms with E-state index in [1.165, 1.54) is 32.1 Å². The minimum atomic E-state index is 0.247. The minimum absolute atomic E-state index is 0.247. The predicted molar refractivity (Wildman–Crippen MR) is 56.2 cm³/mol. The van der Waals surface area contributed by atoms with Crippen LogP contribution in [0.5, 0.6) is 0 Å². The molecule has 1 saturated heterocycles. The van der Waals surface area contributed by atoms with Crippen LogP contribution < -0.4 is 0 Å². The number of rotatable bonds is 2. The van der Waals surface area contributed by atoms with Gasteiger partial charge in [0.25, 0.3) is 0 Å². The zero-order chi connectivity index (χ0) is 9.97. The second-order valence-corrected chi connectivity index (χ2v) is 4.65. The smallest absolute Gasteiger partial charge is 0.319 e. The van der Waals surface area contributed by atoms with E-state index in [1.807, 2.05) is 16.8 Å².